The molecule has 2 aromatic carbocycles. The topological polar surface area (TPSA) is 102 Å². The standard InChI is InChI=1S/C19H17BrN2O4/c20-14-6-7-15-13(10-14)11-16(21-15)17(23)22-19(26,18(24)25)9-8-12-4-2-1-3-5-12/h1-7,10-11,21,26H,8-9H2,(H,22,23)(H,24,25). The van der Waals surface area contributed by atoms with Crippen LogP contribution in [-0.4, -0.2) is 32.8 Å². The molecule has 26 heavy (non-hydrogen) atoms. The molecule has 0 bridgehead atoms. The maximum absolute atomic E-state index is 12.5. The SMILES string of the molecule is O=C(NC(O)(CCc1ccccc1)C(=O)O)c1cc2cc(Br)ccc2[nH]1. The first-order chi connectivity index (χ1) is 12.4. The second-order valence-corrected chi connectivity index (χ2v) is 6.94. The lowest BCUT2D eigenvalue weighted by Gasteiger charge is -2.24. The van der Waals surface area contributed by atoms with Gasteiger partial charge in [-0.25, -0.2) is 4.79 Å². The van der Waals surface area contributed by atoms with Gasteiger partial charge in [0.15, 0.2) is 0 Å². The molecule has 4 N–H and O–H groups in total. The summed E-state index contributed by atoms with van der Waals surface area (Å²) in [6.45, 7) is 0. The Balaban J connectivity index is 1.77. The summed E-state index contributed by atoms with van der Waals surface area (Å²) in [5, 5.41) is 22.9. The summed E-state index contributed by atoms with van der Waals surface area (Å²) in [6.07, 6.45) is 0.160. The lowest BCUT2D eigenvalue weighted by Crippen LogP contribution is -2.55. The van der Waals surface area contributed by atoms with Crippen LogP contribution in [0, 0.1) is 0 Å². The third-order valence-electron chi connectivity index (χ3n) is 4.12. The maximum atomic E-state index is 12.5. The molecule has 1 aromatic heterocycles. The van der Waals surface area contributed by atoms with Gasteiger partial charge in [0.1, 0.15) is 5.69 Å². The number of carboxylic acid groups (broad SMARTS) is 1. The molecule has 1 unspecified atom stereocenters. The molecule has 0 saturated carbocycles. The number of aryl methyl sites for hydroxylation is 1. The maximum Gasteiger partial charge on any atom is 0.357 e. The molecule has 3 aromatic rings. The molecule has 0 aliphatic heterocycles. The fourth-order valence-corrected chi connectivity index (χ4v) is 3.05. The van der Waals surface area contributed by atoms with Gasteiger partial charge in [-0.05, 0) is 36.2 Å². The second kappa shape index (κ2) is 7.31. The molecule has 0 aliphatic carbocycles. The molecule has 7 heteroatoms. The minimum Gasteiger partial charge on any atom is -0.478 e. The van der Waals surface area contributed by atoms with E-state index in [0.717, 1.165) is 20.9 Å². The van der Waals surface area contributed by atoms with Gasteiger partial charge in [-0.1, -0.05) is 46.3 Å². The first kappa shape index (κ1) is 18.2. The summed E-state index contributed by atoms with van der Waals surface area (Å²) in [7, 11) is 0. The van der Waals surface area contributed by atoms with Crippen LogP contribution < -0.4 is 5.32 Å². The van der Waals surface area contributed by atoms with Gasteiger partial charge in [-0.3, -0.25) is 4.79 Å². The van der Waals surface area contributed by atoms with Crippen LogP contribution >= 0.6 is 15.9 Å². The third kappa shape index (κ3) is 3.95. The minimum absolute atomic E-state index is 0.149. The summed E-state index contributed by atoms with van der Waals surface area (Å²) in [5.41, 5.74) is -0.569. The van der Waals surface area contributed by atoms with Crippen molar-refractivity contribution >= 4 is 38.7 Å². The number of benzene rings is 2. The largest absolute Gasteiger partial charge is 0.478 e. The summed E-state index contributed by atoms with van der Waals surface area (Å²) < 4.78 is 0.862. The monoisotopic (exact) mass is 416 g/mol. The summed E-state index contributed by atoms with van der Waals surface area (Å²) in [4.78, 5) is 26.9. The number of aromatic nitrogens is 1. The van der Waals surface area contributed by atoms with Crippen LogP contribution in [-0.2, 0) is 11.2 Å². The molecule has 0 radical (unpaired) electrons. The number of aromatic amines is 1. The van der Waals surface area contributed by atoms with Gasteiger partial charge in [0.05, 0.1) is 0 Å². The number of carbonyl (C=O) groups excluding carboxylic acids is 1. The zero-order chi connectivity index (χ0) is 18.7. The first-order valence-electron chi connectivity index (χ1n) is 7.98. The number of aliphatic carboxylic acids is 1. The van der Waals surface area contributed by atoms with E-state index in [-0.39, 0.29) is 12.1 Å². The fraction of sp³-hybridized carbons (Fsp3) is 0.158. The molecule has 1 amide bonds. The van der Waals surface area contributed by atoms with Gasteiger partial charge in [-0.2, -0.15) is 0 Å². The van der Waals surface area contributed by atoms with Crippen molar-refractivity contribution in [2.75, 3.05) is 0 Å². The summed E-state index contributed by atoms with van der Waals surface area (Å²) in [6, 6.07) is 16.2. The Morgan fingerprint density at radius 1 is 1.12 bits per heavy atom. The van der Waals surface area contributed by atoms with E-state index in [1.807, 2.05) is 42.5 Å². The molecule has 1 atom stereocenters. The Bertz CT molecular complexity index is 955. The van der Waals surface area contributed by atoms with Gasteiger partial charge < -0.3 is 20.5 Å². The van der Waals surface area contributed by atoms with E-state index in [9.17, 15) is 19.8 Å². The average molecular weight is 417 g/mol. The Labute approximate surface area is 158 Å². The van der Waals surface area contributed by atoms with Crippen LogP contribution in [0.15, 0.2) is 59.1 Å². The van der Waals surface area contributed by atoms with Gasteiger partial charge in [-0.15, -0.1) is 0 Å². The molecule has 0 aliphatic rings. The van der Waals surface area contributed by atoms with Gasteiger partial charge in [0.25, 0.3) is 5.91 Å². The van der Waals surface area contributed by atoms with E-state index in [4.69, 9.17) is 0 Å². The normalized spacial score (nSPS) is 13.3. The van der Waals surface area contributed by atoms with Gasteiger partial charge in [0.2, 0.25) is 5.72 Å². The smallest absolute Gasteiger partial charge is 0.357 e. The number of halogens is 1. The van der Waals surface area contributed by atoms with Crippen LogP contribution in [0.5, 0.6) is 0 Å². The van der Waals surface area contributed by atoms with Gasteiger partial charge in [0, 0.05) is 21.8 Å². The number of hydrogen-bond acceptors (Lipinski definition) is 3. The van der Waals surface area contributed by atoms with Crippen LogP contribution in [0.3, 0.4) is 0 Å². The van der Waals surface area contributed by atoms with Crippen molar-refractivity contribution < 1.29 is 19.8 Å². The second-order valence-electron chi connectivity index (χ2n) is 6.02. The highest BCUT2D eigenvalue weighted by atomic mass is 79.9. The first-order valence-corrected chi connectivity index (χ1v) is 8.77. The molecular formula is C19H17BrN2O4. The van der Waals surface area contributed by atoms with Crippen molar-refractivity contribution in [3.8, 4) is 0 Å². The lowest BCUT2D eigenvalue weighted by molar-refractivity contribution is -0.161. The van der Waals surface area contributed by atoms with E-state index >= 15 is 0 Å². The van der Waals surface area contributed by atoms with Crippen molar-refractivity contribution in [2.45, 2.75) is 18.6 Å². The van der Waals surface area contributed by atoms with Crippen molar-refractivity contribution in [2.24, 2.45) is 0 Å². The number of hydrogen-bond donors (Lipinski definition) is 4. The molecule has 0 saturated heterocycles. The molecule has 0 fully saturated rings. The molecule has 6 nitrogen and oxygen atoms in total. The van der Waals surface area contributed by atoms with E-state index in [2.05, 4.69) is 26.2 Å². The number of amides is 1. The predicted molar refractivity (Wildman–Crippen MR) is 101 cm³/mol. The number of carbonyl (C=O) groups is 2. The lowest BCUT2D eigenvalue weighted by atomic mass is 10.0. The highest BCUT2D eigenvalue weighted by Crippen LogP contribution is 2.21. The summed E-state index contributed by atoms with van der Waals surface area (Å²) in [5.74, 6) is -2.18. The van der Waals surface area contributed by atoms with Crippen molar-refractivity contribution in [1.29, 1.82) is 0 Å². The quantitative estimate of drug-likeness (QED) is 0.463. The Hall–Kier alpha value is -2.64. The number of nitrogens with one attached hydrogen (secondary N) is 2. The Morgan fingerprint density at radius 3 is 2.54 bits per heavy atom. The number of carboxylic acids is 1. The highest BCUT2D eigenvalue weighted by Gasteiger charge is 2.37. The molecule has 0 spiro atoms. The highest BCUT2D eigenvalue weighted by molar-refractivity contribution is 9.10. The number of aliphatic hydroxyl groups is 1. The third-order valence-corrected chi connectivity index (χ3v) is 4.61. The number of fused-ring (bicyclic) bond motifs is 1. The van der Waals surface area contributed by atoms with E-state index in [1.165, 1.54) is 0 Å². The Morgan fingerprint density at radius 2 is 1.85 bits per heavy atom. The van der Waals surface area contributed by atoms with Crippen LogP contribution in [0.1, 0.15) is 22.5 Å². The molecule has 134 valence electrons. The van der Waals surface area contributed by atoms with Crippen molar-refractivity contribution in [3.63, 3.8) is 0 Å². The van der Waals surface area contributed by atoms with Crippen LogP contribution in [0.2, 0.25) is 0 Å². The van der Waals surface area contributed by atoms with E-state index in [1.54, 1.807) is 12.1 Å². The predicted octanol–water partition coefficient (Wildman–Crippen LogP) is 3.07. The number of H-pyrrole nitrogens is 1. The average Bonchev–Trinajstić information content (AvgIpc) is 3.04. The number of rotatable bonds is 6. The van der Waals surface area contributed by atoms with Crippen LogP contribution in [0.25, 0.3) is 10.9 Å². The van der Waals surface area contributed by atoms with Crippen molar-refractivity contribution in [1.82, 2.24) is 10.3 Å². The fourth-order valence-electron chi connectivity index (χ4n) is 2.67. The zero-order valence-electron chi connectivity index (χ0n) is 13.7. The van der Waals surface area contributed by atoms with Crippen molar-refractivity contribution in [3.05, 3.63) is 70.3 Å². The molecular weight excluding hydrogens is 400 g/mol. The van der Waals surface area contributed by atoms with E-state index < -0.39 is 17.6 Å². The Kier molecular flexibility index (Phi) is 5.11. The van der Waals surface area contributed by atoms with Crippen LogP contribution in [0.4, 0.5) is 0 Å². The molecule has 3 rings (SSSR count). The van der Waals surface area contributed by atoms with Gasteiger partial charge >= 0.3 is 5.97 Å². The minimum atomic E-state index is -2.36. The summed E-state index contributed by atoms with van der Waals surface area (Å²) >= 11 is 3.36. The molecule has 1 heterocycles. The van der Waals surface area contributed by atoms with E-state index in [0.29, 0.717) is 6.42 Å². The zero-order valence-corrected chi connectivity index (χ0v) is 15.3.